The molecule has 5 nitrogen and oxygen atoms in total. The van der Waals surface area contributed by atoms with Gasteiger partial charge in [0.25, 0.3) is 0 Å². The molecule has 0 aromatic rings. The number of carbonyl (C=O) groups is 2. The SMILES string of the molecule is O=C(O)CCN(C[C@H]1CCCO1)C(=O)C1CC=CC1. The lowest BCUT2D eigenvalue weighted by Crippen LogP contribution is -2.41. The molecule has 1 fully saturated rings. The maximum absolute atomic E-state index is 12.4. The van der Waals surface area contributed by atoms with Crippen LogP contribution in [0.1, 0.15) is 32.1 Å². The fourth-order valence-electron chi connectivity index (χ4n) is 2.63. The van der Waals surface area contributed by atoms with Gasteiger partial charge in [-0.05, 0) is 25.7 Å². The molecule has 19 heavy (non-hydrogen) atoms. The van der Waals surface area contributed by atoms with Crippen molar-refractivity contribution in [1.29, 1.82) is 0 Å². The summed E-state index contributed by atoms with van der Waals surface area (Å²) in [6, 6.07) is 0. The van der Waals surface area contributed by atoms with Crippen molar-refractivity contribution in [3.05, 3.63) is 12.2 Å². The predicted octanol–water partition coefficient (Wildman–Crippen LogP) is 1.43. The molecule has 0 radical (unpaired) electrons. The molecule has 2 rings (SSSR count). The van der Waals surface area contributed by atoms with Crippen molar-refractivity contribution in [2.75, 3.05) is 19.7 Å². The van der Waals surface area contributed by atoms with Crippen LogP contribution in [0.4, 0.5) is 0 Å². The molecule has 0 saturated carbocycles. The first-order valence-electron chi connectivity index (χ1n) is 6.94. The van der Waals surface area contributed by atoms with Gasteiger partial charge in [0.15, 0.2) is 0 Å². The lowest BCUT2D eigenvalue weighted by Gasteiger charge is -2.27. The molecule has 0 bridgehead atoms. The van der Waals surface area contributed by atoms with Crippen molar-refractivity contribution in [3.8, 4) is 0 Å². The van der Waals surface area contributed by atoms with E-state index in [1.165, 1.54) is 0 Å². The summed E-state index contributed by atoms with van der Waals surface area (Å²) in [5, 5.41) is 8.79. The van der Waals surface area contributed by atoms with E-state index in [0.717, 1.165) is 32.3 Å². The number of amides is 1. The van der Waals surface area contributed by atoms with E-state index in [1.807, 2.05) is 12.2 Å². The molecule has 106 valence electrons. The number of hydrogen-bond acceptors (Lipinski definition) is 3. The van der Waals surface area contributed by atoms with Gasteiger partial charge >= 0.3 is 5.97 Å². The number of hydrogen-bond donors (Lipinski definition) is 1. The maximum atomic E-state index is 12.4. The summed E-state index contributed by atoms with van der Waals surface area (Å²) in [6.45, 7) is 1.56. The number of aliphatic carboxylic acids is 1. The second-order valence-corrected chi connectivity index (χ2v) is 5.20. The van der Waals surface area contributed by atoms with Gasteiger partial charge in [0.05, 0.1) is 12.5 Å². The van der Waals surface area contributed by atoms with Gasteiger partial charge < -0.3 is 14.7 Å². The number of ether oxygens (including phenoxy) is 1. The van der Waals surface area contributed by atoms with Crippen LogP contribution in [0.3, 0.4) is 0 Å². The van der Waals surface area contributed by atoms with Crippen molar-refractivity contribution in [2.45, 2.75) is 38.2 Å². The lowest BCUT2D eigenvalue weighted by atomic mass is 10.0. The Morgan fingerprint density at radius 3 is 2.63 bits per heavy atom. The molecule has 0 aromatic heterocycles. The zero-order valence-corrected chi connectivity index (χ0v) is 11.1. The van der Waals surface area contributed by atoms with Crippen LogP contribution in [-0.4, -0.2) is 47.7 Å². The van der Waals surface area contributed by atoms with E-state index < -0.39 is 5.97 Å². The van der Waals surface area contributed by atoms with Crippen LogP contribution >= 0.6 is 0 Å². The van der Waals surface area contributed by atoms with E-state index in [4.69, 9.17) is 9.84 Å². The van der Waals surface area contributed by atoms with Crippen LogP contribution in [0.15, 0.2) is 12.2 Å². The molecule has 5 heteroatoms. The molecule has 0 unspecified atom stereocenters. The summed E-state index contributed by atoms with van der Waals surface area (Å²) < 4.78 is 5.55. The molecular formula is C14H21NO4. The molecule has 1 aliphatic carbocycles. The Hall–Kier alpha value is -1.36. The number of carboxylic acids is 1. The quantitative estimate of drug-likeness (QED) is 0.739. The fourth-order valence-corrected chi connectivity index (χ4v) is 2.63. The van der Waals surface area contributed by atoms with Crippen molar-refractivity contribution in [2.24, 2.45) is 5.92 Å². The average Bonchev–Trinajstić information content (AvgIpc) is 3.06. The molecule has 1 N–H and O–H groups in total. The van der Waals surface area contributed by atoms with E-state index >= 15 is 0 Å². The van der Waals surface area contributed by atoms with Gasteiger partial charge in [0.2, 0.25) is 5.91 Å². The van der Waals surface area contributed by atoms with Crippen LogP contribution < -0.4 is 0 Å². The molecule has 0 aromatic carbocycles. The zero-order valence-electron chi connectivity index (χ0n) is 11.1. The molecule has 0 spiro atoms. The Morgan fingerprint density at radius 1 is 1.32 bits per heavy atom. The first-order valence-corrected chi connectivity index (χ1v) is 6.94. The van der Waals surface area contributed by atoms with Gasteiger partial charge in [-0.3, -0.25) is 9.59 Å². The first-order chi connectivity index (χ1) is 9.16. The Balaban J connectivity index is 1.91. The number of rotatable bonds is 6. The van der Waals surface area contributed by atoms with Gasteiger partial charge in [0, 0.05) is 25.6 Å². The van der Waals surface area contributed by atoms with Gasteiger partial charge in [0.1, 0.15) is 0 Å². The summed E-state index contributed by atoms with van der Waals surface area (Å²) >= 11 is 0. The third-order valence-corrected chi connectivity index (χ3v) is 3.71. The van der Waals surface area contributed by atoms with Crippen LogP contribution in [0.5, 0.6) is 0 Å². The molecule has 1 saturated heterocycles. The monoisotopic (exact) mass is 267 g/mol. The summed E-state index contributed by atoms with van der Waals surface area (Å²) in [6.07, 6.45) is 7.64. The molecule has 2 aliphatic rings. The van der Waals surface area contributed by atoms with Crippen molar-refractivity contribution in [1.82, 2.24) is 4.90 Å². The van der Waals surface area contributed by atoms with E-state index in [9.17, 15) is 9.59 Å². The van der Waals surface area contributed by atoms with E-state index in [0.29, 0.717) is 6.54 Å². The Kier molecular flexibility index (Phi) is 4.96. The van der Waals surface area contributed by atoms with Gasteiger partial charge in [-0.1, -0.05) is 12.2 Å². The van der Waals surface area contributed by atoms with Gasteiger partial charge in [-0.2, -0.15) is 0 Å². The predicted molar refractivity (Wildman–Crippen MR) is 69.7 cm³/mol. The second-order valence-electron chi connectivity index (χ2n) is 5.20. The van der Waals surface area contributed by atoms with Crippen molar-refractivity contribution < 1.29 is 19.4 Å². The van der Waals surface area contributed by atoms with Crippen LogP contribution in [0.2, 0.25) is 0 Å². The maximum Gasteiger partial charge on any atom is 0.305 e. The molecule has 1 heterocycles. The highest BCUT2D eigenvalue weighted by Gasteiger charge is 2.28. The highest BCUT2D eigenvalue weighted by Crippen LogP contribution is 2.22. The Bertz CT molecular complexity index is 352. The zero-order chi connectivity index (χ0) is 13.7. The number of nitrogens with zero attached hydrogens (tertiary/aromatic N) is 1. The van der Waals surface area contributed by atoms with E-state index in [2.05, 4.69) is 0 Å². The molecule has 1 atom stereocenters. The highest BCUT2D eigenvalue weighted by atomic mass is 16.5. The summed E-state index contributed by atoms with van der Waals surface area (Å²) in [5.74, 6) is -0.799. The summed E-state index contributed by atoms with van der Waals surface area (Å²) in [4.78, 5) is 24.8. The summed E-state index contributed by atoms with van der Waals surface area (Å²) in [5.41, 5.74) is 0. The molecule has 1 amide bonds. The van der Waals surface area contributed by atoms with Crippen molar-refractivity contribution in [3.63, 3.8) is 0 Å². The minimum Gasteiger partial charge on any atom is -0.481 e. The van der Waals surface area contributed by atoms with E-state index in [-0.39, 0.29) is 30.9 Å². The summed E-state index contributed by atoms with van der Waals surface area (Å²) in [7, 11) is 0. The minimum atomic E-state index is -0.866. The average molecular weight is 267 g/mol. The Morgan fingerprint density at radius 2 is 2.05 bits per heavy atom. The second kappa shape index (κ2) is 6.70. The van der Waals surface area contributed by atoms with Gasteiger partial charge in [-0.25, -0.2) is 0 Å². The number of allylic oxidation sites excluding steroid dienone is 2. The van der Waals surface area contributed by atoms with Crippen LogP contribution in [-0.2, 0) is 14.3 Å². The molecule has 1 aliphatic heterocycles. The fraction of sp³-hybridized carbons (Fsp3) is 0.714. The third kappa shape index (κ3) is 4.06. The Labute approximate surface area is 113 Å². The number of carboxylic acid groups (broad SMARTS) is 1. The third-order valence-electron chi connectivity index (χ3n) is 3.71. The van der Waals surface area contributed by atoms with Crippen LogP contribution in [0, 0.1) is 5.92 Å². The standard InChI is InChI=1S/C14H21NO4/c16-13(17)7-8-15(10-12-6-3-9-19-12)14(18)11-4-1-2-5-11/h1-2,11-12H,3-10H2,(H,16,17)/t12-/m1/s1. The number of carbonyl (C=O) groups excluding carboxylic acids is 1. The lowest BCUT2D eigenvalue weighted by molar-refractivity contribution is -0.140. The smallest absolute Gasteiger partial charge is 0.305 e. The first kappa shape index (κ1) is 14.1. The minimum absolute atomic E-state index is 0.00138. The van der Waals surface area contributed by atoms with E-state index in [1.54, 1.807) is 4.90 Å². The van der Waals surface area contributed by atoms with Crippen molar-refractivity contribution >= 4 is 11.9 Å². The highest BCUT2D eigenvalue weighted by molar-refractivity contribution is 5.80. The normalized spacial score (nSPS) is 22.8. The van der Waals surface area contributed by atoms with Crippen LogP contribution in [0.25, 0.3) is 0 Å². The largest absolute Gasteiger partial charge is 0.481 e. The molecular weight excluding hydrogens is 246 g/mol. The van der Waals surface area contributed by atoms with Gasteiger partial charge in [-0.15, -0.1) is 0 Å². The topological polar surface area (TPSA) is 66.8 Å².